The van der Waals surface area contributed by atoms with Crippen LogP contribution in [0.2, 0.25) is 5.02 Å². The van der Waals surface area contributed by atoms with Crippen LogP contribution in [0.1, 0.15) is 26.3 Å². The number of anilines is 1. The molecule has 0 bridgehead atoms. The second-order valence-electron chi connectivity index (χ2n) is 6.61. The molecule has 0 aliphatic heterocycles. The number of nitro benzene ring substituents is 1. The highest BCUT2D eigenvalue weighted by molar-refractivity contribution is 7.30. The molecule has 2 rings (SSSR count). The zero-order valence-electron chi connectivity index (χ0n) is 15.3. The molecule has 3 N–H and O–H groups in total. The monoisotopic (exact) mass is 416 g/mol. The summed E-state index contributed by atoms with van der Waals surface area (Å²) in [5, 5.41) is 15.0. The molecule has 0 amide bonds. The van der Waals surface area contributed by atoms with Crippen LogP contribution >= 0.6 is 19.9 Å². The second kappa shape index (κ2) is 9.71. The molecule has 0 aliphatic rings. The van der Waals surface area contributed by atoms with Crippen LogP contribution in [0.25, 0.3) is 0 Å². The highest BCUT2D eigenvalue weighted by Gasteiger charge is 2.20. The fourth-order valence-electron chi connectivity index (χ4n) is 2.10. The largest absolute Gasteiger partial charge is 0.457 e. The number of ether oxygens (including phenoxy) is 1. The van der Waals surface area contributed by atoms with Gasteiger partial charge in [-0.2, -0.15) is 0 Å². The summed E-state index contributed by atoms with van der Waals surface area (Å²) in [4.78, 5) is 25.1. The minimum Gasteiger partial charge on any atom is -0.457 e. The van der Waals surface area contributed by atoms with Gasteiger partial charge in [-0.3, -0.25) is 14.7 Å². The molecule has 0 atom stereocenters. The lowest BCUT2D eigenvalue weighted by molar-refractivity contribution is -0.384. The third-order valence-corrected chi connectivity index (χ3v) is 3.27. The number of nitrogens with one attached hydrogen (secondary N) is 1. The van der Waals surface area contributed by atoms with Crippen molar-refractivity contribution in [1.82, 2.24) is 0 Å². The topological polar surface area (TPSA) is 122 Å². The number of hydrogen-bond acceptors (Lipinski definition) is 5. The summed E-state index contributed by atoms with van der Waals surface area (Å²) in [6.07, 6.45) is 0. The number of hydrogen-bond donors (Lipinski definition) is 3. The van der Waals surface area contributed by atoms with E-state index in [1.807, 2.05) is 27.7 Å². The third kappa shape index (κ3) is 8.41. The van der Waals surface area contributed by atoms with E-state index in [4.69, 9.17) is 30.7 Å². The van der Waals surface area contributed by atoms with E-state index in [2.05, 4.69) is 5.32 Å². The Morgan fingerprint density at radius 1 is 1.19 bits per heavy atom. The van der Waals surface area contributed by atoms with Crippen LogP contribution in [0.4, 0.5) is 11.4 Å². The number of halogens is 1. The van der Waals surface area contributed by atoms with Gasteiger partial charge in [-0.25, -0.2) is 0 Å². The quantitative estimate of drug-likeness (QED) is 0.367. The van der Waals surface area contributed by atoms with Crippen LogP contribution in [0, 0.1) is 17.0 Å². The van der Waals surface area contributed by atoms with Gasteiger partial charge in [-0.05, 0) is 57.5 Å². The fourth-order valence-corrected chi connectivity index (χ4v) is 2.32. The molecule has 8 nitrogen and oxygen atoms in total. The summed E-state index contributed by atoms with van der Waals surface area (Å²) >= 11 is 5.93. The van der Waals surface area contributed by atoms with E-state index >= 15 is 0 Å². The van der Waals surface area contributed by atoms with Gasteiger partial charge < -0.3 is 19.8 Å². The summed E-state index contributed by atoms with van der Waals surface area (Å²) < 4.78 is 14.6. The molecule has 2 aromatic carbocycles. The maximum absolute atomic E-state index is 11.2. The molecule has 0 saturated heterocycles. The molecule has 0 saturated carbocycles. The van der Waals surface area contributed by atoms with E-state index in [1.54, 1.807) is 30.3 Å². The minimum atomic E-state index is -3.13. The Morgan fingerprint density at radius 2 is 1.78 bits per heavy atom. The number of rotatable bonds is 4. The zero-order valence-corrected chi connectivity index (χ0v) is 17.1. The Balaban J connectivity index is 0.000000828. The van der Waals surface area contributed by atoms with E-state index < -0.39 is 13.2 Å². The van der Waals surface area contributed by atoms with Crippen LogP contribution in [0.5, 0.6) is 11.5 Å². The Morgan fingerprint density at radius 3 is 2.26 bits per heavy atom. The molecule has 0 aromatic heterocycles. The van der Waals surface area contributed by atoms with Crippen LogP contribution in [0.15, 0.2) is 36.4 Å². The Hall–Kier alpha value is -2.12. The van der Waals surface area contributed by atoms with Crippen molar-refractivity contribution in [2.75, 3.05) is 5.32 Å². The van der Waals surface area contributed by atoms with Crippen molar-refractivity contribution in [2.24, 2.45) is 0 Å². The third-order valence-electron chi connectivity index (χ3n) is 3.04. The molecule has 10 heteroatoms. The zero-order chi connectivity index (χ0) is 20.8. The Labute approximate surface area is 162 Å². The van der Waals surface area contributed by atoms with E-state index in [-0.39, 0.29) is 11.2 Å². The van der Waals surface area contributed by atoms with Gasteiger partial charge in [0, 0.05) is 22.7 Å². The van der Waals surface area contributed by atoms with Gasteiger partial charge in [0.05, 0.1) is 4.92 Å². The van der Waals surface area contributed by atoms with Crippen LogP contribution < -0.4 is 10.1 Å². The summed E-state index contributed by atoms with van der Waals surface area (Å²) in [5.41, 5.74) is 1.02. The highest BCUT2D eigenvalue weighted by Crippen LogP contribution is 2.34. The van der Waals surface area contributed by atoms with E-state index in [9.17, 15) is 10.1 Å². The minimum absolute atomic E-state index is 0.0140. The van der Waals surface area contributed by atoms with Crippen LogP contribution in [-0.4, -0.2) is 20.2 Å². The van der Waals surface area contributed by atoms with Gasteiger partial charge in [0.25, 0.3) is 5.69 Å². The summed E-state index contributed by atoms with van der Waals surface area (Å²) in [6, 6.07) is 9.97. The first kappa shape index (κ1) is 22.9. The fraction of sp³-hybridized carbons (Fsp3) is 0.294. The van der Waals surface area contributed by atoms with Crippen molar-refractivity contribution < 1.29 is 24.0 Å². The number of nitro groups is 1. The normalized spacial score (nSPS) is 10.8. The van der Waals surface area contributed by atoms with Gasteiger partial charge in [-0.15, -0.1) is 0 Å². The average molecular weight is 417 g/mol. The maximum atomic E-state index is 11.2. The molecule has 0 aliphatic carbocycles. The Kier molecular flexibility index (Phi) is 8.24. The molecular weight excluding hydrogens is 395 g/mol. The second-order valence-corrected chi connectivity index (χ2v) is 7.61. The molecule has 0 spiro atoms. The van der Waals surface area contributed by atoms with E-state index in [0.29, 0.717) is 22.2 Å². The lowest BCUT2D eigenvalue weighted by Gasteiger charge is -2.22. The van der Waals surface area contributed by atoms with Crippen molar-refractivity contribution >= 4 is 31.2 Å². The summed E-state index contributed by atoms with van der Waals surface area (Å²) in [7, 11) is -3.13. The van der Waals surface area contributed by atoms with Gasteiger partial charge >= 0.3 is 8.25 Å². The lowest BCUT2D eigenvalue weighted by Crippen LogP contribution is -2.26. The summed E-state index contributed by atoms with van der Waals surface area (Å²) in [5.74, 6) is 1.18. The van der Waals surface area contributed by atoms with Gasteiger partial charge in [0.1, 0.15) is 17.2 Å². The molecule has 2 aromatic rings. The lowest BCUT2D eigenvalue weighted by atomic mass is 10.1. The van der Waals surface area contributed by atoms with Crippen LogP contribution in [0.3, 0.4) is 0 Å². The first-order valence-corrected chi connectivity index (χ1v) is 9.49. The molecule has 0 radical (unpaired) electrons. The SMILES string of the molecule is Cc1cc(Cl)ccc1Oc1ccc([N+](=O)[O-])c(NC(C)(C)C)c1.O=[PH](O)O. The molecule has 0 fully saturated rings. The maximum Gasteiger partial charge on any atom is 0.314 e. The number of aryl methyl sites for hydroxylation is 1. The first-order chi connectivity index (χ1) is 12.4. The first-order valence-electron chi connectivity index (χ1n) is 7.81. The van der Waals surface area contributed by atoms with E-state index in [0.717, 1.165) is 5.56 Å². The van der Waals surface area contributed by atoms with Crippen molar-refractivity contribution in [1.29, 1.82) is 0 Å². The van der Waals surface area contributed by atoms with Gasteiger partial charge in [-0.1, -0.05) is 11.6 Å². The predicted octanol–water partition coefficient (Wildman–Crippen LogP) is 4.92. The number of nitrogens with zero attached hydrogens (tertiary/aromatic N) is 1. The molecular formula is C17H22ClN2O6P. The molecule has 0 unspecified atom stereocenters. The van der Waals surface area contributed by atoms with Crippen molar-refractivity contribution in [3.05, 3.63) is 57.1 Å². The van der Waals surface area contributed by atoms with Crippen molar-refractivity contribution in [3.8, 4) is 11.5 Å². The predicted molar refractivity (Wildman–Crippen MR) is 106 cm³/mol. The molecule has 27 heavy (non-hydrogen) atoms. The van der Waals surface area contributed by atoms with Gasteiger partial charge in [0.15, 0.2) is 0 Å². The standard InChI is InChI=1S/C17H19ClN2O3.H3O3P/c1-11-9-12(18)5-8-16(11)23-13-6-7-15(20(21)22)14(10-13)19-17(2,3)4;1-4(2)3/h5-10,19H,1-4H3;4H,(H2,1,2,3). The highest BCUT2D eigenvalue weighted by atomic mass is 35.5. The summed E-state index contributed by atoms with van der Waals surface area (Å²) in [6.45, 7) is 7.70. The number of benzene rings is 2. The van der Waals surface area contributed by atoms with Crippen LogP contribution in [-0.2, 0) is 4.57 Å². The Bertz CT molecular complexity index is 835. The molecule has 148 valence electrons. The van der Waals surface area contributed by atoms with E-state index in [1.165, 1.54) is 6.07 Å². The average Bonchev–Trinajstić information content (AvgIpc) is 2.48. The molecule has 0 heterocycles. The van der Waals surface area contributed by atoms with Gasteiger partial charge in [0.2, 0.25) is 0 Å². The van der Waals surface area contributed by atoms with Crippen molar-refractivity contribution in [3.63, 3.8) is 0 Å². The van der Waals surface area contributed by atoms with Crippen molar-refractivity contribution in [2.45, 2.75) is 33.2 Å². The smallest absolute Gasteiger partial charge is 0.314 e.